The molecule has 0 aliphatic rings. The summed E-state index contributed by atoms with van der Waals surface area (Å²) in [5, 5.41) is 3.12. The summed E-state index contributed by atoms with van der Waals surface area (Å²) < 4.78 is 112. The molecule has 3 rings (SSSR count). The third-order valence-corrected chi connectivity index (χ3v) is 7.78. The fourth-order valence-electron chi connectivity index (χ4n) is 2.91. The summed E-state index contributed by atoms with van der Waals surface area (Å²) in [7, 11) is -4.87. The first-order valence-corrected chi connectivity index (χ1v) is 13.1. The molecule has 0 aromatic heterocycles. The molecule has 3 aromatic carbocycles. The van der Waals surface area contributed by atoms with Crippen molar-refractivity contribution in [2.75, 3.05) is 10.6 Å². The summed E-state index contributed by atoms with van der Waals surface area (Å²) in [6.07, 6.45) is -9.70. The molecule has 0 radical (unpaired) electrons. The summed E-state index contributed by atoms with van der Waals surface area (Å²) >= 11 is 17.8. The Bertz CT molecular complexity index is 1520. The maximum Gasteiger partial charge on any atom is 1.00 e. The Morgan fingerprint density at radius 3 is 1.97 bits per heavy atom. The molecule has 0 aliphatic carbocycles. The van der Waals surface area contributed by atoms with Gasteiger partial charge in [-0.05, 0) is 48.5 Å². The molecule has 3 N–H and O–H groups in total. The van der Waals surface area contributed by atoms with Crippen LogP contribution in [0.15, 0.2) is 63.2 Å². The van der Waals surface area contributed by atoms with Gasteiger partial charge in [-0.15, -0.1) is 0 Å². The van der Waals surface area contributed by atoms with E-state index in [0.717, 1.165) is 30.3 Å². The van der Waals surface area contributed by atoms with Crippen LogP contribution in [0.25, 0.3) is 0 Å². The number of hydrogen-bond donors (Lipinski definition) is 3. The number of anilines is 2. The van der Waals surface area contributed by atoms with Crippen molar-refractivity contribution in [1.29, 1.82) is 0 Å². The molecule has 0 atom stereocenters. The minimum atomic E-state index is -4.87. The van der Waals surface area contributed by atoms with Gasteiger partial charge in [0.15, 0.2) is 0 Å². The second-order valence-electron chi connectivity index (χ2n) is 7.27. The first kappa shape index (κ1) is 33.8. The summed E-state index contributed by atoms with van der Waals surface area (Å²) in [6.45, 7) is 0. The second kappa shape index (κ2) is 12.7. The van der Waals surface area contributed by atoms with Gasteiger partial charge in [-0.2, -0.15) is 34.8 Å². The van der Waals surface area contributed by atoms with Crippen molar-refractivity contribution < 1.29 is 73.7 Å². The topological polar surface area (TPSA) is 95.5 Å². The normalized spacial score (nSPS) is 12.1. The van der Waals surface area contributed by atoms with Gasteiger partial charge >= 0.3 is 47.9 Å². The molecule has 2 amide bonds. The average molecular weight is 663 g/mol. The van der Waals surface area contributed by atoms with Crippen LogP contribution in [0.4, 0.5) is 42.5 Å². The zero-order valence-corrected chi connectivity index (χ0v) is 24.9. The first-order chi connectivity index (χ1) is 17.4. The SMILES string of the molecule is O=C(Nc1ccc(Cl)c(C(F)(F)F)c1)Nc1cc(C(F)(F)F)ccc1Sc1cc(Cl)c(Cl)cc1S(=O)(=O)O.[Na+]. The third kappa shape index (κ3) is 8.81. The Morgan fingerprint density at radius 1 is 0.795 bits per heavy atom. The smallest absolute Gasteiger partial charge is 0.308 e. The van der Waals surface area contributed by atoms with Gasteiger partial charge in [0.1, 0.15) is 4.90 Å². The Labute approximate surface area is 258 Å². The maximum atomic E-state index is 13.3. The molecule has 0 spiro atoms. The van der Waals surface area contributed by atoms with E-state index in [-0.39, 0.29) is 55.1 Å². The van der Waals surface area contributed by atoms with Crippen LogP contribution in [0.2, 0.25) is 15.1 Å². The Morgan fingerprint density at radius 2 is 1.41 bits per heavy atom. The molecule has 3 aromatic rings. The number of carbonyl (C=O) groups excluding carboxylic acids is 1. The molecule has 0 fully saturated rings. The van der Waals surface area contributed by atoms with Gasteiger partial charge in [0.05, 0.1) is 31.9 Å². The van der Waals surface area contributed by atoms with E-state index in [4.69, 9.17) is 34.8 Å². The molecule has 0 heterocycles. The molecule has 0 bridgehead atoms. The fourth-order valence-corrected chi connectivity index (χ4v) is 5.54. The summed E-state index contributed by atoms with van der Waals surface area (Å²) in [5.41, 5.74) is -3.34. The molecule has 39 heavy (non-hydrogen) atoms. The third-order valence-electron chi connectivity index (χ3n) is 4.57. The first-order valence-electron chi connectivity index (χ1n) is 9.66. The molecular formula is C21H11Cl3F6N2NaO4S2+. The number of amides is 2. The van der Waals surface area contributed by atoms with Crippen molar-refractivity contribution in [1.82, 2.24) is 0 Å². The largest absolute Gasteiger partial charge is 1.00 e. The zero-order chi connectivity index (χ0) is 28.6. The standard InChI is InChI=1S/C21H11Cl3F6N2O4S2.Na/c22-12-3-2-10(6-11(12)21(28,29)30)31-19(33)32-15-5-9(20(25,26)27)1-4-16(15)37-17-7-13(23)14(24)8-18(17)38(34,35)36;/h1-8H,(H2,31,32,33)(H,34,35,36);/q;+1. The van der Waals surface area contributed by atoms with Crippen molar-refractivity contribution in [3.05, 3.63) is 74.7 Å². The van der Waals surface area contributed by atoms with Crippen LogP contribution in [0.5, 0.6) is 0 Å². The molecular weight excluding hydrogens is 652 g/mol. The van der Waals surface area contributed by atoms with E-state index in [1.807, 2.05) is 0 Å². The van der Waals surface area contributed by atoms with E-state index in [2.05, 4.69) is 10.6 Å². The van der Waals surface area contributed by atoms with Crippen LogP contribution >= 0.6 is 46.6 Å². The van der Waals surface area contributed by atoms with Gasteiger partial charge in [0.2, 0.25) is 0 Å². The number of hydrogen-bond acceptors (Lipinski definition) is 4. The van der Waals surface area contributed by atoms with E-state index >= 15 is 0 Å². The minimum Gasteiger partial charge on any atom is -0.308 e. The number of rotatable bonds is 5. The monoisotopic (exact) mass is 661 g/mol. The summed E-state index contributed by atoms with van der Waals surface area (Å²) in [6, 6.07) is 5.13. The Balaban J connectivity index is 0.00000533. The Kier molecular flexibility index (Phi) is 11.0. The Hall–Kier alpha value is -1.36. The average Bonchev–Trinajstić information content (AvgIpc) is 2.76. The van der Waals surface area contributed by atoms with Gasteiger partial charge in [0.25, 0.3) is 10.1 Å². The van der Waals surface area contributed by atoms with Crippen molar-refractivity contribution in [3.8, 4) is 0 Å². The summed E-state index contributed by atoms with van der Waals surface area (Å²) in [5.74, 6) is 0. The number of alkyl halides is 6. The molecule has 18 heteroatoms. The van der Waals surface area contributed by atoms with Gasteiger partial charge in [-0.3, -0.25) is 4.55 Å². The van der Waals surface area contributed by atoms with Crippen LogP contribution in [-0.2, 0) is 22.5 Å². The number of benzene rings is 3. The van der Waals surface area contributed by atoms with E-state index < -0.39 is 55.2 Å². The predicted molar refractivity (Wildman–Crippen MR) is 131 cm³/mol. The molecule has 204 valence electrons. The van der Waals surface area contributed by atoms with Crippen molar-refractivity contribution in [3.63, 3.8) is 0 Å². The van der Waals surface area contributed by atoms with Crippen molar-refractivity contribution in [2.24, 2.45) is 0 Å². The molecule has 0 saturated heterocycles. The van der Waals surface area contributed by atoms with Gasteiger partial charge < -0.3 is 10.6 Å². The van der Waals surface area contributed by atoms with Gasteiger partial charge in [-0.25, -0.2) is 4.79 Å². The zero-order valence-electron chi connectivity index (χ0n) is 19.0. The van der Waals surface area contributed by atoms with Crippen LogP contribution < -0.4 is 40.2 Å². The quantitative estimate of drug-likeness (QED) is 0.184. The fraction of sp³-hybridized carbons (Fsp3) is 0.0952. The molecule has 0 saturated carbocycles. The molecule has 0 unspecified atom stereocenters. The van der Waals surface area contributed by atoms with Crippen molar-refractivity contribution >= 4 is 74.1 Å². The van der Waals surface area contributed by atoms with Gasteiger partial charge in [0, 0.05) is 15.5 Å². The minimum absolute atomic E-state index is 0. The van der Waals surface area contributed by atoms with E-state index in [1.54, 1.807) is 0 Å². The second-order valence-corrected chi connectivity index (χ2v) is 11.0. The number of halogens is 9. The van der Waals surface area contributed by atoms with Crippen molar-refractivity contribution in [2.45, 2.75) is 27.0 Å². The van der Waals surface area contributed by atoms with Crippen LogP contribution in [-0.4, -0.2) is 19.0 Å². The number of nitrogens with one attached hydrogen (secondary N) is 2. The van der Waals surface area contributed by atoms with Crippen LogP contribution in [0.1, 0.15) is 11.1 Å². The maximum absolute atomic E-state index is 13.3. The molecule has 6 nitrogen and oxygen atoms in total. The van der Waals surface area contributed by atoms with E-state index in [1.165, 1.54) is 0 Å². The molecule has 0 aliphatic heterocycles. The number of urea groups is 1. The van der Waals surface area contributed by atoms with Crippen LogP contribution in [0.3, 0.4) is 0 Å². The van der Waals surface area contributed by atoms with E-state index in [0.29, 0.717) is 30.0 Å². The summed E-state index contributed by atoms with van der Waals surface area (Å²) in [4.78, 5) is 11.4. The van der Waals surface area contributed by atoms with Gasteiger partial charge in [-0.1, -0.05) is 46.6 Å². The predicted octanol–water partition coefficient (Wildman–Crippen LogP) is 5.73. The van der Waals surface area contributed by atoms with Crippen LogP contribution in [0, 0.1) is 0 Å². The van der Waals surface area contributed by atoms with E-state index in [9.17, 15) is 44.1 Å². The number of carbonyl (C=O) groups is 1.